The lowest BCUT2D eigenvalue weighted by Gasteiger charge is -2.35. The van der Waals surface area contributed by atoms with E-state index >= 15 is 0 Å². The van der Waals surface area contributed by atoms with Crippen LogP contribution in [-0.2, 0) is 11.0 Å². The van der Waals surface area contributed by atoms with E-state index in [-0.39, 0.29) is 4.75 Å². The van der Waals surface area contributed by atoms with Crippen molar-refractivity contribution in [3.63, 3.8) is 0 Å². The lowest BCUT2D eigenvalue weighted by Crippen LogP contribution is -2.41. The summed E-state index contributed by atoms with van der Waals surface area (Å²) in [5.41, 5.74) is 0. The van der Waals surface area contributed by atoms with E-state index in [1.165, 1.54) is 19.3 Å². The summed E-state index contributed by atoms with van der Waals surface area (Å²) in [4.78, 5) is 2.35. The third-order valence-corrected chi connectivity index (χ3v) is 4.89. The van der Waals surface area contributed by atoms with Crippen LogP contribution in [0, 0.1) is 5.92 Å². The maximum atomic E-state index is 11.9. The molecule has 1 rings (SSSR count). The molecule has 1 saturated heterocycles. The Balaban J connectivity index is 2.50. The molecular weight excluding hydrogens is 244 g/mol. The van der Waals surface area contributed by atoms with Crippen molar-refractivity contribution in [1.82, 2.24) is 4.90 Å². The van der Waals surface area contributed by atoms with Gasteiger partial charge in [0, 0.05) is 18.8 Å². The number of hydrogen-bond acceptors (Lipinski definition) is 2. The lowest BCUT2D eigenvalue weighted by molar-refractivity contribution is 0.173. The van der Waals surface area contributed by atoms with Crippen LogP contribution in [0.2, 0.25) is 0 Å². The fraction of sp³-hybridized carbons (Fsp3) is 0.929. The molecule has 3 nitrogen and oxygen atoms in total. The Morgan fingerprint density at radius 1 is 1.39 bits per heavy atom. The van der Waals surface area contributed by atoms with Gasteiger partial charge in [-0.05, 0) is 53.0 Å². The van der Waals surface area contributed by atoms with Gasteiger partial charge in [0.05, 0.1) is 4.75 Å². The van der Waals surface area contributed by atoms with E-state index in [9.17, 15) is 4.21 Å². The summed E-state index contributed by atoms with van der Waals surface area (Å²) in [5, 5.41) is 0. The van der Waals surface area contributed by atoms with Crippen LogP contribution in [0.15, 0.2) is 4.40 Å². The zero-order valence-electron chi connectivity index (χ0n) is 12.5. The molecule has 0 aromatic carbocycles. The summed E-state index contributed by atoms with van der Waals surface area (Å²) in [6.07, 6.45) is 6.92. The van der Waals surface area contributed by atoms with Crippen LogP contribution < -0.4 is 0 Å². The molecule has 0 bridgehead atoms. The molecule has 0 N–H and O–H groups in total. The number of hydrogen-bond donors (Lipinski definition) is 0. The zero-order chi connectivity index (χ0) is 13.8. The number of nitrogens with zero attached hydrogens (tertiary/aromatic N) is 2. The summed E-state index contributed by atoms with van der Waals surface area (Å²) < 4.78 is 15.9. The quantitative estimate of drug-likeness (QED) is 0.737. The first-order chi connectivity index (χ1) is 8.34. The van der Waals surface area contributed by atoms with Gasteiger partial charge in [-0.25, -0.2) is 4.21 Å². The van der Waals surface area contributed by atoms with E-state index in [2.05, 4.69) is 23.3 Å². The first-order valence-electron chi connectivity index (χ1n) is 7.01. The minimum atomic E-state index is -1.12. The van der Waals surface area contributed by atoms with Gasteiger partial charge in [0.15, 0.2) is 0 Å². The Hall–Kier alpha value is -0.220. The molecular formula is C14H28N2OS. The van der Waals surface area contributed by atoms with Gasteiger partial charge in [-0.15, -0.1) is 0 Å². The predicted molar refractivity (Wildman–Crippen MR) is 80.4 cm³/mol. The van der Waals surface area contributed by atoms with Crippen LogP contribution in [-0.4, -0.2) is 39.7 Å². The summed E-state index contributed by atoms with van der Waals surface area (Å²) >= 11 is 0. The highest BCUT2D eigenvalue weighted by Crippen LogP contribution is 2.23. The van der Waals surface area contributed by atoms with Crippen LogP contribution in [0.4, 0.5) is 0 Å². The SMILES string of the molecule is CCCC1CCC(C=NS(=O)C(C)(C)C)N(C)C1. The smallest absolute Gasteiger partial charge is 0.144 e. The molecule has 3 unspecified atom stereocenters. The van der Waals surface area contributed by atoms with Crippen molar-refractivity contribution in [2.45, 2.75) is 64.2 Å². The van der Waals surface area contributed by atoms with E-state index in [4.69, 9.17) is 0 Å². The standard InChI is InChI=1S/C14H28N2OS/c1-6-7-12-8-9-13(16(5)11-12)10-15-18(17)14(2,3)4/h10,12-13H,6-9,11H2,1-5H3. The van der Waals surface area contributed by atoms with Crippen molar-refractivity contribution >= 4 is 17.2 Å². The van der Waals surface area contributed by atoms with Gasteiger partial charge in [-0.1, -0.05) is 13.3 Å². The molecule has 4 heteroatoms. The molecule has 3 atom stereocenters. The van der Waals surface area contributed by atoms with E-state index in [0.29, 0.717) is 6.04 Å². The van der Waals surface area contributed by atoms with Crippen LogP contribution in [0.1, 0.15) is 53.4 Å². The molecule has 1 heterocycles. The van der Waals surface area contributed by atoms with Crippen molar-refractivity contribution in [3.8, 4) is 0 Å². The number of rotatable bonds is 4. The van der Waals surface area contributed by atoms with Gasteiger partial charge >= 0.3 is 0 Å². The van der Waals surface area contributed by atoms with E-state index in [1.54, 1.807) is 0 Å². The molecule has 106 valence electrons. The molecule has 0 amide bonds. The third-order valence-electron chi connectivity index (χ3n) is 3.53. The van der Waals surface area contributed by atoms with Crippen molar-refractivity contribution < 1.29 is 4.21 Å². The summed E-state index contributed by atoms with van der Waals surface area (Å²) in [6.45, 7) is 9.28. The second-order valence-electron chi connectivity index (χ2n) is 6.35. The highest BCUT2D eigenvalue weighted by Gasteiger charge is 2.25. The molecule has 0 aliphatic carbocycles. The zero-order valence-corrected chi connectivity index (χ0v) is 13.3. The largest absolute Gasteiger partial charge is 0.298 e. The predicted octanol–water partition coefficient (Wildman–Crippen LogP) is 3.03. The van der Waals surface area contributed by atoms with Crippen LogP contribution in [0.3, 0.4) is 0 Å². The fourth-order valence-electron chi connectivity index (χ4n) is 2.38. The Bertz CT molecular complexity index is 309. The second-order valence-corrected chi connectivity index (χ2v) is 8.29. The summed E-state index contributed by atoms with van der Waals surface area (Å²) in [7, 11) is 1.03. The van der Waals surface area contributed by atoms with Crippen LogP contribution in [0.25, 0.3) is 0 Å². The molecule has 0 aromatic rings. The van der Waals surface area contributed by atoms with Gasteiger partial charge in [-0.3, -0.25) is 4.90 Å². The Kier molecular flexibility index (Phi) is 5.99. The average Bonchev–Trinajstić information content (AvgIpc) is 2.26. The van der Waals surface area contributed by atoms with E-state index in [0.717, 1.165) is 18.9 Å². The minimum Gasteiger partial charge on any atom is -0.298 e. The molecule has 1 aliphatic heterocycles. The molecule has 0 spiro atoms. The first-order valence-corrected chi connectivity index (χ1v) is 8.11. The molecule has 18 heavy (non-hydrogen) atoms. The summed E-state index contributed by atoms with van der Waals surface area (Å²) in [6, 6.07) is 0.365. The molecule has 0 saturated carbocycles. The normalized spacial score (nSPS) is 28.7. The third kappa shape index (κ3) is 4.81. The topological polar surface area (TPSA) is 32.7 Å². The molecule has 1 fully saturated rings. The van der Waals surface area contributed by atoms with Crippen LogP contribution >= 0.6 is 0 Å². The van der Waals surface area contributed by atoms with Crippen molar-refractivity contribution in [1.29, 1.82) is 0 Å². The molecule has 0 aromatic heterocycles. The second kappa shape index (κ2) is 6.80. The van der Waals surface area contributed by atoms with Gasteiger partial charge in [0.1, 0.15) is 11.0 Å². The van der Waals surface area contributed by atoms with Crippen molar-refractivity contribution in [2.24, 2.45) is 10.3 Å². The van der Waals surface area contributed by atoms with Gasteiger partial charge in [-0.2, -0.15) is 4.40 Å². The number of piperidine rings is 1. The fourth-order valence-corrected chi connectivity index (χ4v) is 2.94. The lowest BCUT2D eigenvalue weighted by atomic mass is 9.90. The Morgan fingerprint density at radius 2 is 2.06 bits per heavy atom. The van der Waals surface area contributed by atoms with Crippen molar-refractivity contribution in [2.75, 3.05) is 13.6 Å². The highest BCUT2D eigenvalue weighted by molar-refractivity contribution is 7.85. The summed E-state index contributed by atoms with van der Waals surface area (Å²) in [5.74, 6) is 0.831. The van der Waals surface area contributed by atoms with Gasteiger partial charge in [0.25, 0.3) is 0 Å². The Labute approximate surface area is 115 Å². The first kappa shape index (κ1) is 15.8. The van der Waals surface area contributed by atoms with Crippen LogP contribution in [0.5, 0.6) is 0 Å². The minimum absolute atomic E-state index is 0.255. The average molecular weight is 272 g/mol. The van der Waals surface area contributed by atoms with Crippen molar-refractivity contribution in [3.05, 3.63) is 0 Å². The maximum absolute atomic E-state index is 11.9. The molecule has 0 radical (unpaired) electrons. The molecule has 1 aliphatic rings. The maximum Gasteiger partial charge on any atom is 0.144 e. The van der Waals surface area contributed by atoms with Gasteiger partial charge in [0.2, 0.25) is 0 Å². The Morgan fingerprint density at radius 3 is 2.56 bits per heavy atom. The monoisotopic (exact) mass is 272 g/mol. The van der Waals surface area contributed by atoms with Gasteiger partial charge < -0.3 is 0 Å². The van der Waals surface area contributed by atoms with E-state index in [1.807, 2.05) is 27.0 Å². The highest BCUT2D eigenvalue weighted by atomic mass is 32.2. The van der Waals surface area contributed by atoms with E-state index < -0.39 is 11.0 Å². The number of likely N-dealkylation sites (tertiary alicyclic amines) is 1.